The van der Waals surface area contributed by atoms with E-state index in [1.807, 2.05) is 11.2 Å². The smallest absolute Gasteiger partial charge is 0.245 e. The summed E-state index contributed by atoms with van der Waals surface area (Å²) in [6, 6.07) is 9.79. The second kappa shape index (κ2) is 10.1. The number of halogens is 4. The molecule has 2 aliphatic carbocycles. The topological polar surface area (TPSA) is 88.0 Å². The fourth-order valence-electron chi connectivity index (χ4n) is 5.04. The number of hydrazine groups is 2. The molecule has 7 nitrogen and oxygen atoms in total. The highest BCUT2D eigenvalue weighted by Gasteiger charge is 2.45. The first-order chi connectivity index (χ1) is 19.2. The molecule has 0 unspecified atom stereocenters. The van der Waals surface area contributed by atoms with Gasteiger partial charge >= 0.3 is 0 Å². The Morgan fingerprint density at radius 3 is 2.67 bits per heavy atom. The summed E-state index contributed by atoms with van der Waals surface area (Å²) in [5.41, 5.74) is 7.33. The van der Waals surface area contributed by atoms with Crippen LogP contribution in [0.3, 0.4) is 0 Å². The number of nitrogens with zero attached hydrogens (tertiary/aromatic N) is 3. The van der Waals surface area contributed by atoms with Gasteiger partial charge in [-0.3, -0.25) is 9.99 Å². The van der Waals surface area contributed by atoms with Gasteiger partial charge in [0.05, 0.1) is 34.9 Å². The van der Waals surface area contributed by atoms with Crippen LogP contribution < -0.4 is 21.6 Å². The van der Waals surface area contributed by atoms with Crippen LogP contribution in [0.4, 0.5) is 24.5 Å². The molecule has 1 aliphatic heterocycles. The third-order valence-electron chi connectivity index (χ3n) is 7.67. The number of alkyl halides is 2. The minimum absolute atomic E-state index is 0.00513. The van der Waals surface area contributed by atoms with Gasteiger partial charge < -0.3 is 16.1 Å². The molecule has 3 aromatic rings. The number of rotatable bonds is 9. The van der Waals surface area contributed by atoms with E-state index < -0.39 is 23.7 Å². The Hall–Kier alpha value is -3.68. The molecular weight excluding hydrogens is 527 g/mol. The largest absolute Gasteiger partial charge is 0.383 e. The van der Waals surface area contributed by atoms with Crippen molar-refractivity contribution >= 4 is 33.9 Å². The lowest BCUT2D eigenvalue weighted by atomic mass is 9.69. The second-order valence-corrected chi connectivity index (χ2v) is 10.7. The Balaban J connectivity index is 1.41. The molecule has 4 N–H and O–H groups in total. The molecule has 6 rings (SSSR count). The highest BCUT2D eigenvalue weighted by atomic mass is 35.5. The Kier molecular flexibility index (Phi) is 6.33. The molecule has 0 saturated heterocycles. The van der Waals surface area contributed by atoms with E-state index in [2.05, 4.69) is 32.6 Å². The molecule has 0 radical (unpaired) electrons. The normalized spacial score (nSPS) is 19.9. The number of aromatic nitrogens is 1. The Bertz CT molecular complexity index is 1520. The van der Waals surface area contributed by atoms with Gasteiger partial charge in [-0.05, 0) is 55.5 Å². The quantitative estimate of drug-likeness (QED) is 0.249. The number of nitriles is 1. The van der Waals surface area contributed by atoms with Crippen LogP contribution in [0, 0.1) is 22.6 Å². The fraction of sp³-hybridized carbons (Fsp3) is 0.357. The van der Waals surface area contributed by atoms with Gasteiger partial charge in [0.25, 0.3) is 0 Å². The first-order valence-electron chi connectivity index (χ1n) is 13.3. The maximum absolute atomic E-state index is 13.9. The lowest BCUT2D eigenvalue weighted by Crippen LogP contribution is -2.43. The summed E-state index contributed by atoms with van der Waals surface area (Å²) in [6.07, 6.45) is 4.32. The van der Waals surface area contributed by atoms with Gasteiger partial charge in [-0.25, -0.2) is 13.2 Å². The number of nitrogens with one attached hydrogen (secondary N) is 4. The Morgan fingerprint density at radius 2 is 2.03 bits per heavy atom. The number of pyridine rings is 1. The number of anilines is 2. The van der Waals surface area contributed by atoms with Crippen LogP contribution in [0.25, 0.3) is 10.9 Å². The van der Waals surface area contributed by atoms with Gasteiger partial charge in [-0.2, -0.15) is 5.26 Å². The summed E-state index contributed by atoms with van der Waals surface area (Å²) < 4.78 is 51.0. The van der Waals surface area contributed by atoms with Gasteiger partial charge in [0, 0.05) is 41.5 Å². The first-order valence-corrected chi connectivity index (χ1v) is 13.2. The highest BCUT2D eigenvalue weighted by molar-refractivity contribution is 6.35. The van der Waals surface area contributed by atoms with E-state index >= 15 is 0 Å². The minimum atomic E-state index is -2.48. The maximum Gasteiger partial charge on any atom is 0.245 e. The number of benzene rings is 2. The van der Waals surface area contributed by atoms with Crippen molar-refractivity contribution < 1.29 is 14.5 Å². The summed E-state index contributed by atoms with van der Waals surface area (Å²) in [5, 5.41) is 18.7. The van der Waals surface area contributed by atoms with Crippen LogP contribution in [0.1, 0.15) is 50.6 Å². The van der Waals surface area contributed by atoms with Crippen LogP contribution in [0.2, 0.25) is 5.02 Å². The maximum atomic E-state index is 13.9. The Morgan fingerprint density at radius 1 is 1.26 bits per heavy atom. The average molecular weight is 555 g/mol. The van der Waals surface area contributed by atoms with Crippen molar-refractivity contribution in [1.29, 1.82) is 5.26 Å². The van der Waals surface area contributed by atoms with Crippen LogP contribution in [-0.4, -0.2) is 29.0 Å². The average Bonchev–Trinajstić information content (AvgIpc) is 3.63. The van der Waals surface area contributed by atoms with Crippen molar-refractivity contribution in [3.05, 3.63) is 76.5 Å². The number of hydrogen-bond acceptors (Lipinski definition) is 7. The lowest BCUT2D eigenvalue weighted by molar-refractivity contribution is -0.0500. The van der Waals surface area contributed by atoms with Crippen molar-refractivity contribution in [3.63, 3.8) is 0 Å². The van der Waals surface area contributed by atoms with E-state index in [-0.39, 0.29) is 17.1 Å². The molecule has 3 aliphatic rings. The fourth-order valence-corrected chi connectivity index (χ4v) is 5.30. The van der Waals surface area contributed by atoms with Gasteiger partial charge in [0.2, 0.25) is 6.43 Å². The standard InChI is InChI=1S/C28H27ClF3N7/c29-22-11-19(36-25(16-2-4-18(30)5-3-16)23-14-39(38-37-23)20-6-7-20)10-21-24(17(12-33)13-34-26(21)22)35-15-28(27(31)32)8-1-9-28/h2-5,10-11,13-14,20,25,27,36-38H,1,6-9,15H2,(H,34,35)/t25-/m1/s1/i25D. The van der Waals surface area contributed by atoms with Gasteiger partial charge in [-0.1, -0.05) is 30.2 Å². The SMILES string of the molecule is [2H][C@](Nc1cc(Cl)c2ncc(C#N)c(NCC3(C(F)F)CCC3)c2c1)(C1=CN(C2CC2)NN1)c1ccc(F)cc1. The van der Waals surface area contributed by atoms with E-state index in [0.29, 0.717) is 52.4 Å². The van der Waals surface area contributed by atoms with Crippen molar-refractivity contribution in [2.24, 2.45) is 5.41 Å². The molecule has 202 valence electrons. The zero-order valence-electron chi connectivity index (χ0n) is 21.9. The van der Waals surface area contributed by atoms with E-state index in [1.165, 1.54) is 30.5 Å². The van der Waals surface area contributed by atoms with Crippen molar-refractivity contribution in [2.45, 2.75) is 50.6 Å². The summed E-state index contributed by atoms with van der Waals surface area (Å²) in [4.78, 5) is 4.35. The summed E-state index contributed by atoms with van der Waals surface area (Å²) in [5.74, 6) is -0.426. The zero-order valence-corrected chi connectivity index (χ0v) is 21.6. The third kappa shape index (κ3) is 4.92. The molecular formula is C28H27ClF3N7. The molecule has 0 amide bonds. The van der Waals surface area contributed by atoms with Crippen molar-refractivity contribution in [1.82, 2.24) is 21.0 Å². The van der Waals surface area contributed by atoms with E-state index in [1.54, 1.807) is 12.1 Å². The van der Waals surface area contributed by atoms with Gasteiger partial charge in [0.1, 0.15) is 11.9 Å². The van der Waals surface area contributed by atoms with E-state index in [0.717, 1.165) is 19.3 Å². The van der Waals surface area contributed by atoms with E-state index in [9.17, 15) is 19.8 Å². The number of hydrogen-bond donors (Lipinski definition) is 4. The molecule has 1 aromatic heterocycles. The van der Waals surface area contributed by atoms with E-state index in [4.69, 9.17) is 11.6 Å². The lowest BCUT2D eigenvalue weighted by Gasteiger charge is -2.41. The van der Waals surface area contributed by atoms with Crippen LogP contribution >= 0.6 is 11.6 Å². The molecule has 2 heterocycles. The predicted octanol–water partition coefficient (Wildman–Crippen LogP) is 6.23. The molecule has 0 spiro atoms. The summed E-state index contributed by atoms with van der Waals surface area (Å²) in [6.45, 7) is 0.00513. The van der Waals surface area contributed by atoms with Gasteiger partial charge in [-0.15, -0.1) is 5.53 Å². The molecule has 0 bridgehead atoms. The van der Waals surface area contributed by atoms with Crippen LogP contribution in [0.15, 0.2) is 54.5 Å². The molecule has 2 saturated carbocycles. The monoisotopic (exact) mass is 554 g/mol. The molecule has 2 fully saturated rings. The summed E-state index contributed by atoms with van der Waals surface area (Å²) in [7, 11) is 0. The van der Waals surface area contributed by atoms with Crippen molar-refractivity contribution in [2.75, 3.05) is 17.2 Å². The molecule has 11 heteroatoms. The predicted molar refractivity (Wildman–Crippen MR) is 144 cm³/mol. The molecule has 2 aromatic carbocycles. The number of fused-ring (bicyclic) bond motifs is 1. The zero-order chi connectivity index (χ0) is 28.1. The second-order valence-electron chi connectivity index (χ2n) is 10.3. The third-order valence-corrected chi connectivity index (χ3v) is 7.96. The van der Waals surface area contributed by atoms with Gasteiger partial charge in [0.15, 0.2) is 0 Å². The van der Waals surface area contributed by atoms with Crippen molar-refractivity contribution in [3.8, 4) is 6.07 Å². The minimum Gasteiger partial charge on any atom is -0.383 e. The summed E-state index contributed by atoms with van der Waals surface area (Å²) >= 11 is 6.64. The molecule has 1 atom stereocenters. The van der Waals surface area contributed by atoms with Crippen LogP contribution in [0.5, 0.6) is 0 Å². The molecule has 39 heavy (non-hydrogen) atoms. The first kappa shape index (κ1) is 24.4. The highest BCUT2D eigenvalue weighted by Crippen LogP contribution is 2.46. The van der Waals surface area contributed by atoms with Crippen LogP contribution in [-0.2, 0) is 0 Å². The Labute approximate surface area is 230 Å².